The van der Waals surface area contributed by atoms with Crippen molar-refractivity contribution >= 4 is 39.9 Å². The molecule has 0 saturated carbocycles. The molecular weight excluding hydrogens is 332 g/mol. The van der Waals surface area contributed by atoms with Gasteiger partial charge in [-0.2, -0.15) is 5.10 Å². The van der Waals surface area contributed by atoms with Gasteiger partial charge in [0.1, 0.15) is 4.83 Å². The highest BCUT2D eigenvalue weighted by molar-refractivity contribution is 7.20. The first kappa shape index (κ1) is 18.2. The van der Waals surface area contributed by atoms with Crippen molar-refractivity contribution in [1.29, 1.82) is 0 Å². The molecule has 2 unspecified atom stereocenters. The zero-order valence-electron chi connectivity index (χ0n) is 14.3. The van der Waals surface area contributed by atoms with Crippen LogP contribution in [0.3, 0.4) is 0 Å². The Morgan fingerprint density at radius 3 is 2.78 bits per heavy atom. The van der Waals surface area contributed by atoms with E-state index in [0.717, 1.165) is 33.9 Å². The van der Waals surface area contributed by atoms with Gasteiger partial charge in [-0.15, -0.1) is 23.7 Å². The number of amides is 1. The van der Waals surface area contributed by atoms with Gasteiger partial charge in [0.05, 0.1) is 10.6 Å². The zero-order chi connectivity index (χ0) is 16.0. The van der Waals surface area contributed by atoms with Gasteiger partial charge in [-0.3, -0.25) is 9.48 Å². The molecule has 0 spiro atoms. The van der Waals surface area contributed by atoms with Gasteiger partial charge in [0.2, 0.25) is 0 Å². The maximum absolute atomic E-state index is 12.9. The summed E-state index contributed by atoms with van der Waals surface area (Å²) in [7, 11) is 1.95. The van der Waals surface area contributed by atoms with E-state index in [4.69, 9.17) is 0 Å². The van der Waals surface area contributed by atoms with E-state index in [9.17, 15) is 4.79 Å². The molecule has 0 radical (unpaired) electrons. The van der Waals surface area contributed by atoms with E-state index in [1.54, 1.807) is 11.3 Å². The summed E-state index contributed by atoms with van der Waals surface area (Å²) in [5, 5.41) is 9.13. The Morgan fingerprint density at radius 1 is 1.43 bits per heavy atom. The first-order valence-corrected chi connectivity index (χ1v) is 8.72. The van der Waals surface area contributed by atoms with Gasteiger partial charge in [-0.1, -0.05) is 13.8 Å². The van der Waals surface area contributed by atoms with Gasteiger partial charge in [0.25, 0.3) is 5.91 Å². The van der Waals surface area contributed by atoms with Crippen LogP contribution < -0.4 is 5.32 Å². The number of aromatic nitrogens is 2. The van der Waals surface area contributed by atoms with Crippen molar-refractivity contribution in [2.75, 3.05) is 13.1 Å². The Kier molecular flexibility index (Phi) is 5.38. The van der Waals surface area contributed by atoms with Crippen LogP contribution in [0.1, 0.15) is 49.0 Å². The summed E-state index contributed by atoms with van der Waals surface area (Å²) in [6.45, 7) is 10.2. The number of nitrogens with one attached hydrogen (secondary N) is 1. The summed E-state index contributed by atoms with van der Waals surface area (Å²) in [6.07, 6.45) is 0. The summed E-state index contributed by atoms with van der Waals surface area (Å²) in [4.78, 5) is 16.8. The lowest BCUT2D eigenvalue weighted by Gasteiger charge is -2.38. The monoisotopic (exact) mass is 356 g/mol. The largest absolute Gasteiger partial charge is 0.332 e. The van der Waals surface area contributed by atoms with E-state index in [0.29, 0.717) is 12.0 Å². The van der Waals surface area contributed by atoms with Crippen LogP contribution in [0.25, 0.3) is 10.2 Å². The molecule has 2 aromatic rings. The van der Waals surface area contributed by atoms with E-state index in [-0.39, 0.29) is 24.4 Å². The smallest absolute Gasteiger partial charge is 0.264 e. The summed E-state index contributed by atoms with van der Waals surface area (Å²) in [5.74, 6) is 0.510. The number of thiophene rings is 1. The molecule has 1 aliphatic rings. The van der Waals surface area contributed by atoms with Crippen LogP contribution in [0.15, 0.2) is 6.07 Å². The minimum absolute atomic E-state index is 0. The molecule has 1 fully saturated rings. The Balaban J connectivity index is 0.00000192. The Bertz CT molecular complexity index is 708. The fraction of sp³-hybridized carbons (Fsp3) is 0.625. The SMILES string of the molecule is CC(C)c1nn(C)c2sc(C(=O)N3CCNC(C)C3C)cc12.Cl. The van der Waals surface area contributed by atoms with E-state index in [1.165, 1.54) is 0 Å². The third kappa shape index (κ3) is 3.12. The average molecular weight is 357 g/mol. The summed E-state index contributed by atoms with van der Waals surface area (Å²) in [5.41, 5.74) is 1.08. The molecule has 1 amide bonds. The molecular formula is C16H25ClN4OS. The molecule has 5 nitrogen and oxygen atoms in total. The van der Waals surface area contributed by atoms with E-state index in [1.807, 2.05) is 22.7 Å². The van der Waals surface area contributed by atoms with Crippen LogP contribution in [-0.4, -0.2) is 45.8 Å². The van der Waals surface area contributed by atoms with Crippen LogP contribution in [0.2, 0.25) is 0 Å². The molecule has 2 aromatic heterocycles. The van der Waals surface area contributed by atoms with E-state index in [2.05, 4.69) is 38.1 Å². The molecule has 2 atom stereocenters. The standard InChI is InChI=1S/C16H24N4OS.ClH/c1-9(2)14-12-8-13(22-16(12)19(5)18-14)15(21)20-7-6-17-10(3)11(20)4;/h8-11,17H,6-7H2,1-5H3;1H. The van der Waals surface area contributed by atoms with Gasteiger partial charge >= 0.3 is 0 Å². The maximum atomic E-state index is 12.9. The van der Waals surface area contributed by atoms with Gasteiger partial charge in [0, 0.05) is 37.6 Å². The third-order valence-electron chi connectivity index (χ3n) is 4.59. The fourth-order valence-electron chi connectivity index (χ4n) is 3.08. The number of rotatable bonds is 2. The lowest BCUT2D eigenvalue weighted by atomic mass is 10.1. The van der Waals surface area contributed by atoms with Crippen molar-refractivity contribution in [2.45, 2.75) is 45.7 Å². The first-order chi connectivity index (χ1) is 10.4. The number of halogens is 1. The van der Waals surface area contributed by atoms with E-state index >= 15 is 0 Å². The minimum Gasteiger partial charge on any atom is -0.332 e. The molecule has 3 rings (SSSR count). The predicted molar refractivity (Wildman–Crippen MR) is 97.9 cm³/mol. The van der Waals surface area contributed by atoms with Crippen LogP contribution in [0.5, 0.6) is 0 Å². The lowest BCUT2D eigenvalue weighted by molar-refractivity contribution is 0.0608. The number of aryl methyl sites for hydroxylation is 1. The van der Waals surface area contributed by atoms with Crippen LogP contribution in [0, 0.1) is 0 Å². The number of hydrogen-bond acceptors (Lipinski definition) is 4. The quantitative estimate of drug-likeness (QED) is 0.899. The normalized spacial score (nSPS) is 21.7. The number of fused-ring (bicyclic) bond motifs is 1. The van der Waals surface area contributed by atoms with Crippen LogP contribution >= 0.6 is 23.7 Å². The molecule has 23 heavy (non-hydrogen) atoms. The number of piperazine rings is 1. The zero-order valence-corrected chi connectivity index (χ0v) is 15.9. The molecule has 0 aromatic carbocycles. The number of carbonyl (C=O) groups excluding carboxylic acids is 1. The maximum Gasteiger partial charge on any atom is 0.264 e. The van der Waals surface area contributed by atoms with Crippen LogP contribution in [-0.2, 0) is 7.05 Å². The van der Waals surface area contributed by atoms with Crippen molar-refractivity contribution in [3.63, 3.8) is 0 Å². The van der Waals surface area contributed by atoms with Crippen molar-refractivity contribution in [3.8, 4) is 0 Å². The summed E-state index contributed by atoms with van der Waals surface area (Å²) < 4.78 is 1.90. The van der Waals surface area contributed by atoms with Crippen molar-refractivity contribution < 1.29 is 4.79 Å². The molecule has 1 aliphatic heterocycles. The Morgan fingerprint density at radius 2 is 2.13 bits per heavy atom. The molecule has 0 aliphatic carbocycles. The second kappa shape index (κ2) is 6.79. The second-order valence-electron chi connectivity index (χ2n) is 6.47. The van der Waals surface area contributed by atoms with Crippen molar-refractivity contribution in [2.24, 2.45) is 7.05 Å². The lowest BCUT2D eigenvalue weighted by Crippen LogP contribution is -2.57. The second-order valence-corrected chi connectivity index (χ2v) is 7.51. The van der Waals surface area contributed by atoms with Gasteiger partial charge < -0.3 is 10.2 Å². The summed E-state index contributed by atoms with van der Waals surface area (Å²) >= 11 is 1.56. The predicted octanol–water partition coefficient (Wildman–Crippen LogP) is 3.00. The number of hydrogen-bond donors (Lipinski definition) is 1. The average Bonchev–Trinajstić information content (AvgIpc) is 3.02. The van der Waals surface area contributed by atoms with Gasteiger partial charge in [0.15, 0.2) is 0 Å². The first-order valence-electron chi connectivity index (χ1n) is 7.91. The highest BCUT2D eigenvalue weighted by Gasteiger charge is 2.30. The number of nitrogens with zero attached hydrogens (tertiary/aromatic N) is 3. The third-order valence-corrected chi connectivity index (χ3v) is 5.78. The molecule has 1 N–H and O–H groups in total. The topological polar surface area (TPSA) is 50.2 Å². The number of carbonyl (C=O) groups is 1. The van der Waals surface area contributed by atoms with Crippen LogP contribution in [0.4, 0.5) is 0 Å². The fourth-order valence-corrected chi connectivity index (χ4v) is 4.12. The molecule has 7 heteroatoms. The molecule has 128 valence electrons. The highest BCUT2D eigenvalue weighted by Crippen LogP contribution is 2.32. The summed E-state index contributed by atoms with van der Waals surface area (Å²) in [6, 6.07) is 2.58. The van der Waals surface area contributed by atoms with Crippen molar-refractivity contribution in [3.05, 3.63) is 16.6 Å². The molecule has 0 bridgehead atoms. The van der Waals surface area contributed by atoms with Gasteiger partial charge in [-0.25, -0.2) is 0 Å². The van der Waals surface area contributed by atoms with Gasteiger partial charge in [-0.05, 0) is 25.8 Å². The van der Waals surface area contributed by atoms with E-state index < -0.39 is 0 Å². The minimum atomic E-state index is 0. The molecule has 1 saturated heterocycles. The Hall–Kier alpha value is -1.11. The Labute approximate surface area is 147 Å². The highest BCUT2D eigenvalue weighted by atomic mass is 35.5. The molecule has 3 heterocycles. The van der Waals surface area contributed by atoms with Crippen molar-refractivity contribution in [1.82, 2.24) is 20.0 Å².